The van der Waals surface area contributed by atoms with Crippen LogP contribution in [0, 0.1) is 12.8 Å². The van der Waals surface area contributed by atoms with Gasteiger partial charge >= 0.3 is 0 Å². The topological polar surface area (TPSA) is 95.8 Å². The first-order valence-electron chi connectivity index (χ1n) is 9.56. The Morgan fingerprint density at radius 2 is 2.03 bits per heavy atom. The molecule has 2 aromatic rings. The minimum Gasteiger partial charge on any atom is -0.383 e. The van der Waals surface area contributed by atoms with Crippen molar-refractivity contribution in [3.63, 3.8) is 0 Å². The molecule has 0 saturated carbocycles. The van der Waals surface area contributed by atoms with Crippen molar-refractivity contribution in [2.45, 2.75) is 24.7 Å². The number of carbonyl (C=O) groups excluding carboxylic acids is 1. The number of sulfonamides is 1. The molecule has 2 heterocycles. The van der Waals surface area contributed by atoms with Gasteiger partial charge in [-0.2, -0.15) is 4.31 Å². The number of aryl methyl sites for hydroxylation is 1. The van der Waals surface area contributed by atoms with Crippen LogP contribution in [-0.2, 0) is 14.8 Å². The second kappa shape index (κ2) is 9.20. The first kappa shape index (κ1) is 22.3. The molecule has 1 N–H and O–H groups in total. The zero-order valence-electron chi connectivity index (χ0n) is 17.1. The minimum absolute atomic E-state index is 0.0411. The Morgan fingerprint density at radius 1 is 1.33 bits per heavy atom. The van der Waals surface area contributed by atoms with Crippen molar-refractivity contribution in [1.29, 1.82) is 0 Å². The molecule has 1 aromatic heterocycles. The van der Waals surface area contributed by atoms with Crippen molar-refractivity contribution >= 4 is 39.3 Å². The Kier molecular flexibility index (Phi) is 6.84. The van der Waals surface area contributed by atoms with Crippen LogP contribution in [0.15, 0.2) is 39.9 Å². The van der Waals surface area contributed by atoms with E-state index in [-0.39, 0.29) is 23.1 Å². The van der Waals surface area contributed by atoms with E-state index in [4.69, 9.17) is 16.1 Å². The lowest BCUT2D eigenvalue weighted by molar-refractivity contribution is -0.120. The van der Waals surface area contributed by atoms with E-state index in [0.717, 1.165) is 0 Å². The molecule has 1 aliphatic heterocycles. The average molecular weight is 453 g/mol. The van der Waals surface area contributed by atoms with E-state index in [9.17, 15) is 13.2 Å². The van der Waals surface area contributed by atoms with Crippen LogP contribution < -0.4 is 5.32 Å². The maximum absolute atomic E-state index is 13.3. The number of carbonyl (C=O) groups is 1. The first-order valence-corrected chi connectivity index (χ1v) is 11.4. The second-order valence-electron chi connectivity index (χ2n) is 7.44. The fourth-order valence-corrected chi connectivity index (χ4v) is 5.20. The van der Waals surface area contributed by atoms with Crippen LogP contribution >= 0.6 is 11.6 Å². The zero-order chi connectivity index (χ0) is 21.9. The third kappa shape index (κ3) is 5.03. The number of hydrogen-bond donors (Lipinski definition) is 1. The van der Waals surface area contributed by atoms with Crippen LogP contribution in [0.1, 0.15) is 24.3 Å². The van der Waals surface area contributed by atoms with Crippen molar-refractivity contribution in [2.24, 2.45) is 5.92 Å². The van der Waals surface area contributed by atoms with Crippen LogP contribution in [-0.4, -0.2) is 55.9 Å². The fraction of sp³-hybridized carbons (Fsp3) is 0.400. The highest BCUT2D eigenvalue weighted by Gasteiger charge is 2.36. The lowest BCUT2D eigenvalue weighted by atomic mass is 9.99. The number of rotatable bonds is 6. The molecule has 0 radical (unpaired) electrons. The summed E-state index contributed by atoms with van der Waals surface area (Å²) in [6.07, 6.45) is 4.46. The fourth-order valence-electron chi connectivity index (χ4n) is 3.30. The molecule has 0 bridgehead atoms. The predicted octanol–water partition coefficient (Wildman–Crippen LogP) is 3.21. The Balaban J connectivity index is 1.78. The number of nitrogens with zero attached hydrogens (tertiary/aromatic N) is 3. The minimum atomic E-state index is -3.86. The molecule has 8 nitrogen and oxygen atoms in total. The third-order valence-electron chi connectivity index (χ3n) is 4.82. The molecule has 1 saturated heterocycles. The Morgan fingerprint density at radius 3 is 2.70 bits per heavy atom. The van der Waals surface area contributed by atoms with Gasteiger partial charge < -0.3 is 14.7 Å². The summed E-state index contributed by atoms with van der Waals surface area (Å²) in [5, 5.41) is 7.24. The van der Waals surface area contributed by atoms with Gasteiger partial charge in [-0.1, -0.05) is 16.8 Å². The number of aromatic nitrogens is 1. The van der Waals surface area contributed by atoms with Crippen LogP contribution in [0.2, 0.25) is 5.02 Å². The zero-order valence-corrected chi connectivity index (χ0v) is 18.7. The molecule has 1 fully saturated rings. The molecule has 1 aliphatic rings. The van der Waals surface area contributed by atoms with Gasteiger partial charge in [0.05, 0.1) is 5.92 Å². The molecule has 10 heteroatoms. The third-order valence-corrected chi connectivity index (χ3v) is 7.10. The number of anilines is 1. The van der Waals surface area contributed by atoms with Crippen molar-refractivity contribution in [3.8, 4) is 0 Å². The molecule has 162 valence electrons. The molecular weight excluding hydrogens is 428 g/mol. The molecule has 1 aromatic carbocycles. The van der Waals surface area contributed by atoms with Crippen LogP contribution in [0.4, 0.5) is 5.69 Å². The van der Waals surface area contributed by atoms with Gasteiger partial charge in [0, 0.05) is 50.2 Å². The van der Waals surface area contributed by atoms with Gasteiger partial charge in [0.2, 0.25) is 15.9 Å². The highest BCUT2D eigenvalue weighted by molar-refractivity contribution is 7.89. The summed E-state index contributed by atoms with van der Waals surface area (Å²) >= 11 is 5.87. The summed E-state index contributed by atoms with van der Waals surface area (Å²) in [4.78, 5) is 14.5. The van der Waals surface area contributed by atoms with Gasteiger partial charge in [-0.15, -0.1) is 0 Å². The maximum Gasteiger partial charge on any atom is 0.248 e. The van der Waals surface area contributed by atoms with Gasteiger partial charge in [0.25, 0.3) is 0 Å². The van der Waals surface area contributed by atoms with E-state index in [2.05, 4.69) is 10.5 Å². The molecule has 3 rings (SSSR count). The van der Waals surface area contributed by atoms with E-state index in [0.29, 0.717) is 35.8 Å². The van der Waals surface area contributed by atoms with Crippen molar-refractivity contribution in [2.75, 3.05) is 32.5 Å². The maximum atomic E-state index is 13.3. The summed E-state index contributed by atoms with van der Waals surface area (Å²) in [5.41, 5.74) is 0.913. The van der Waals surface area contributed by atoms with Crippen molar-refractivity contribution in [3.05, 3.63) is 46.9 Å². The van der Waals surface area contributed by atoms with E-state index < -0.39 is 15.9 Å². The summed E-state index contributed by atoms with van der Waals surface area (Å²) < 4.78 is 33.2. The van der Waals surface area contributed by atoms with Gasteiger partial charge in [-0.3, -0.25) is 4.79 Å². The summed E-state index contributed by atoms with van der Waals surface area (Å²) in [6.45, 7) is 2.04. The van der Waals surface area contributed by atoms with Gasteiger partial charge in [-0.25, -0.2) is 8.42 Å². The SMILES string of the molecule is Cc1noc(C=CN(C)C)c1S(=O)(=O)N1CCCC(C(=O)Nc2ccc(Cl)cc2)C1. The summed E-state index contributed by atoms with van der Waals surface area (Å²) in [6, 6.07) is 6.79. The van der Waals surface area contributed by atoms with E-state index >= 15 is 0 Å². The Hall–Kier alpha value is -2.36. The molecule has 0 aliphatic carbocycles. The highest BCUT2D eigenvalue weighted by Crippen LogP contribution is 2.29. The van der Waals surface area contributed by atoms with Crippen molar-refractivity contribution in [1.82, 2.24) is 14.4 Å². The Labute approximate surface area is 181 Å². The monoisotopic (exact) mass is 452 g/mol. The lowest BCUT2D eigenvalue weighted by Gasteiger charge is -2.31. The van der Waals surface area contributed by atoms with Crippen LogP contribution in [0.5, 0.6) is 0 Å². The largest absolute Gasteiger partial charge is 0.383 e. The van der Waals surface area contributed by atoms with Gasteiger partial charge in [-0.05, 0) is 44.0 Å². The first-order chi connectivity index (χ1) is 14.2. The van der Waals surface area contributed by atoms with E-state index in [1.165, 1.54) is 4.31 Å². The van der Waals surface area contributed by atoms with Crippen LogP contribution in [0.25, 0.3) is 6.08 Å². The molecule has 1 atom stereocenters. The molecular formula is C20H25ClN4O4S. The molecule has 30 heavy (non-hydrogen) atoms. The van der Waals surface area contributed by atoms with E-state index in [1.807, 2.05) is 14.1 Å². The van der Waals surface area contributed by atoms with Crippen LogP contribution in [0.3, 0.4) is 0 Å². The summed E-state index contributed by atoms with van der Waals surface area (Å²) in [5.74, 6) is -0.494. The quantitative estimate of drug-likeness (QED) is 0.723. The van der Waals surface area contributed by atoms with Gasteiger partial charge in [0.1, 0.15) is 5.69 Å². The van der Waals surface area contributed by atoms with E-state index in [1.54, 1.807) is 48.4 Å². The molecule has 1 unspecified atom stereocenters. The molecule has 0 spiro atoms. The normalized spacial score (nSPS) is 17.9. The molecule has 1 amide bonds. The number of hydrogen-bond acceptors (Lipinski definition) is 6. The average Bonchev–Trinajstić information content (AvgIpc) is 3.09. The number of piperidine rings is 1. The van der Waals surface area contributed by atoms with Crippen molar-refractivity contribution < 1.29 is 17.7 Å². The van der Waals surface area contributed by atoms with Gasteiger partial charge in [0.15, 0.2) is 10.7 Å². The second-order valence-corrected chi connectivity index (χ2v) is 9.75. The smallest absolute Gasteiger partial charge is 0.248 e. The predicted molar refractivity (Wildman–Crippen MR) is 116 cm³/mol. The standard InChI is InChI=1S/C20H25ClN4O4S/c1-14-19(18(29-23-14)10-12-24(2)3)30(27,28)25-11-4-5-15(13-25)20(26)22-17-8-6-16(21)7-9-17/h6-10,12,15H,4-5,11,13H2,1-3H3,(H,22,26). The number of benzene rings is 1. The Bertz CT molecular complexity index is 1030. The highest BCUT2D eigenvalue weighted by atomic mass is 35.5. The summed E-state index contributed by atoms with van der Waals surface area (Å²) in [7, 11) is -0.219. The number of nitrogens with one attached hydrogen (secondary N) is 1. The lowest BCUT2D eigenvalue weighted by Crippen LogP contribution is -2.43. The number of amides is 1. The number of halogens is 1.